The minimum Gasteiger partial charge on any atom is -0.494 e. The second-order valence-electron chi connectivity index (χ2n) is 14.2. The first-order valence-electron chi connectivity index (χ1n) is 18.4. The fourth-order valence-corrected chi connectivity index (χ4v) is 8.33. The molecule has 51 heavy (non-hydrogen) atoms. The van der Waals surface area contributed by atoms with Crippen molar-refractivity contribution in [3.63, 3.8) is 0 Å². The van der Waals surface area contributed by atoms with Crippen molar-refractivity contribution in [2.45, 2.75) is 63.2 Å². The van der Waals surface area contributed by atoms with Crippen molar-refractivity contribution in [2.24, 2.45) is 0 Å². The number of ether oxygens (including phenoxy) is 1. The number of piperidine rings is 1. The monoisotopic (exact) mass is 688 g/mol. The van der Waals surface area contributed by atoms with Crippen LogP contribution in [0.15, 0.2) is 79.6 Å². The predicted molar refractivity (Wildman–Crippen MR) is 203 cm³/mol. The average Bonchev–Trinajstić information content (AvgIpc) is 3.89. The van der Waals surface area contributed by atoms with Gasteiger partial charge in [0.15, 0.2) is 5.82 Å². The number of nitrogens with one attached hydrogen (secondary N) is 2. The maximum atomic E-state index is 12.7. The predicted octanol–water partition coefficient (Wildman–Crippen LogP) is 6.53. The highest BCUT2D eigenvalue weighted by molar-refractivity contribution is 6.02. The van der Waals surface area contributed by atoms with E-state index in [0.717, 1.165) is 57.2 Å². The Morgan fingerprint density at radius 1 is 0.941 bits per heavy atom. The Kier molecular flexibility index (Phi) is 9.50. The van der Waals surface area contributed by atoms with Crippen LogP contribution in [0.3, 0.4) is 0 Å². The molecule has 3 aliphatic heterocycles. The fraction of sp³-hybridized carbons (Fsp3) is 0.425. The third-order valence-electron chi connectivity index (χ3n) is 11.0. The van der Waals surface area contributed by atoms with E-state index in [4.69, 9.17) is 9.57 Å². The quantitative estimate of drug-likeness (QED) is 0.179. The molecule has 8 rings (SSSR count). The molecule has 2 unspecified atom stereocenters. The number of hydroxylamine groups is 1. The molecule has 266 valence electrons. The van der Waals surface area contributed by atoms with E-state index in [9.17, 15) is 4.79 Å². The minimum absolute atomic E-state index is 0.00766. The number of methoxy groups -OCH3 is 1. The second-order valence-corrected chi connectivity index (χ2v) is 14.2. The molecule has 4 heterocycles. The molecule has 4 fully saturated rings. The van der Waals surface area contributed by atoms with E-state index >= 15 is 0 Å². The number of nitrogens with zero attached hydrogens (tertiary/aromatic N) is 6. The Morgan fingerprint density at radius 2 is 1.76 bits per heavy atom. The summed E-state index contributed by atoms with van der Waals surface area (Å²) in [5.74, 6) is 1.63. The number of fused-ring (bicyclic) bond motifs is 1. The highest BCUT2D eigenvalue weighted by atomic mass is 16.7. The molecule has 1 aliphatic carbocycles. The second kappa shape index (κ2) is 14.5. The van der Waals surface area contributed by atoms with Gasteiger partial charge in [0, 0.05) is 69.4 Å². The van der Waals surface area contributed by atoms with Crippen LogP contribution in [0.2, 0.25) is 0 Å². The first kappa shape index (κ1) is 33.4. The van der Waals surface area contributed by atoms with Crippen molar-refractivity contribution in [3.8, 4) is 5.75 Å². The lowest BCUT2D eigenvalue weighted by Gasteiger charge is -2.46. The molecule has 11 nitrogen and oxygen atoms in total. The molecule has 4 aromatic rings. The molecule has 1 saturated carbocycles. The normalized spacial score (nSPS) is 21.9. The number of carbonyl (C=O) groups is 1. The summed E-state index contributed by atoms with van der Waals surface area (Å²) in [6.45, 7) is 12.0. The molecule has 1 amide bonds. The summed E-state index contributed by atoms with van der Waals surface area (Å²) in [4.78, 5) is 35.8. The van der Waals surface area contributed by atoms with Gasteiger partial charge in [0.1, 0.15) is 17.9 Å². The maximum Gasteiger partial charge on any atom is 0.247 e. The van der Waals surface area contributed by atoms with Crippen LogP contribution < -0.4 is 25.3 Å². The molecular formula is C40H48N8O3. The van der Waals surface area contributed by atoms with Gasteiger partial charge in [-0.25, -0.2) is 15.0 Å². The van der Waals surface area contributed by atoms with Crippen LogP contribution in [0.5, 0.6) is 5.75 Å². The number of hydrogen-bond donors (Lipinski definition) is 2. The summed E-state index contributed by atoms with van der Waals surface area (Å²) >= 11 is 0. The van der Waals surface area contributed by atoms with Gasteiger partial charge in [-0.05, 0) is 61.1 Å². The number of amides is 1. The summed E-state index contributed by atoms with van der Waals surface area (Å²) in [6.07, 6.45) is 8.57. The van der Waals surface area contributed by atoms with Crippen molar-refractivity contribution >= 4 is 45.4 Å². The van der Waals surface area contributed by atoms with Gasteiger partial charge in [0.05, 0.1) is 36.8 Å². The van der Waals surface area contributed by atoms with Gasteiger partial charge in [-0.15, -0.1) is 0 Å². The van der Waals surface area contributed by atoms with E-state index in [1.807, 2.05) is 23.3 Å². The maximum absolute atomic E-state index is 12.7. The lowest BCUT2D eigenvalue weighted by atomic mass is 9.97. The smallest absolute Gasteiger partial charge is 0.247 e. The average molecular weight is 689 g/mol. The number of piperazine rings is 1. The van der Waals surface area contributed by atoms with Crippen molar-refractivity contribution in [3.05, 3.63) is 85.2 Å². The minimum atomic E-state index is -0.264. The van der Waals surface area contributed by atoms with E-state index in [2.05, 4.69) is 91.3 Å². The number of anilines is 5. The summed E-state index contributed by atoms with van der Waals surface area (Å²) in [5.41, 5.74) is 3.51. The van der Waals surface area contributed by atoms with Gasteiger partial charge < -0.3 is 20.3 Å². The summed E-state index contributed by atoms with van der Waals surface area (Å²) in [7, 11) is 1.67. The van der Waals surface area contributed by atoms with Crippen molar-refractivity contribution in [2.75, 3.05) is 67.0 Å². The van der Waals surface area contributed by atoms with Gasteiger partial charge in [0.2, 0.25) is 5.91 Å². The summed E-state index contributed by atoms with van der Waals surface area (Å²) in [5, 5.41) is 10.8. The SMILES string of the molecule is C=CC(=O)Nc1cc(Nc2cc(N3OCCC3c3cccc4ccccc34)ncn2)c(OC)cc1N1CCC(N2CCN(C3CC3)C(C)C2)CC1. The molecular weight excluding hydrogens is 640 g/mol. The molecule has 0 bridgehead atoms. The third kappa shape index (κ3) is 6.98. The summed E-state index contributed by atoms with van der Waals surface area (Å²) < 4.78 is 5.93. The van der Waals surface area contributed by atoms with Crippen LogP contribution in [-0.2, 0) is 9.63 Å². The van der Waals surface area contributed by atoms with Gasteiger partial charge in [-0.2, -0.15) is 0 Å². The number of aromatic nitrogens is 2. The Bertz CT molecular complexity index is 1890. The van der Waals surface area contributed by atoms with Crippen LogP contribution in [0.1, 0.15) is 50.6 Å². The molecule has 0 spiro atoms. The van der Waals surface area contributed by atoms with Crippen LogP contribution in [-0.4, -0.2) is 90.2 Å². The van der Waals surface area contributed by atoms with Crippen LogP contribution in [0.4, 0.5) is 28.7 Å². The molecule has 2 N–H and O–H groups in total. The number of hydrogen-bond acceptors (Lipinski definition) is 10. The summed E-state index contributed by atoms with van der Waals surface area (Å²) in [6, 6.07) is 22.7. The highest BCUT2D eigenvalue weighted by Gasteiger charge is 2.38. The highest BCUT2D eigenvalue weighted by Crippen LogP contribution is 2.41. The van der Waals surface area contributed by atoms with Gasteiger partial charge in [0.25, 0.3) is 0 Å². The van der Waals surface area contributed by atoms with Crippen molar-refractivity contribution in [1.29, 1.82) is 0 Å². The van der Waals surface area contributed by atoms with Crippen LogP contribution in [0, 0.1) is 0 Å². The number of carbonyl (C=O) groups excluding carboxylic acids is 1. The molecule has 2 atom stereocenters. The lowest BCUT2D eigenvalue weighted by molar-refractivity contribution is -0.111. The first-order valence-corrected chi connectivity index (χ1v) is 18.4. The van der Waals surface area contributed by atoms with E-state index in [0.29, 0.717) is 47.5 Å². The lowest BCUT2D eigenvalue weighted by Crippen LogP contribution is -2.57. The number of rotatable bonds is 10. The first-order chi connectivity index (χ1) is 25.0. The third-order valence-corrected chi connectivity index (χ3v) is 11.0. The molecule has 3 saturated heterocycles. The number of benzene rings is 3. The molecule has 11 heteroatoms. The Hall–Kier alpha value is -4.71. The molecule has 3 aromatic carbocycles. The van der Waals surface area contributed by atoms with E-state index in [1.165, 1.54) is 48.1 Å². The van der Waals surface area contributed by atoms with E-state index < -0.39 is 0 Å². The molecule has 0 radical (unpaired) electrons. The van der Waals surface area contributed by atoms with E-state index in [-0.39, 0.29) is 11.9 Å². The Balaban J connectivity index is 1.01. The van der Waals surface area contributed by atoms with Crippen LogP contribution >= 0.6 is 0 Å². The Morgan fingerprint density at radius 3 is 2.55 bits per heavy atom. The fourth-order valence-electron chi connectivity index (χ4n) is 8.33. The Labute approximate surface area is 300 Å². The van der Waals surface area contributed by atoms with Crippen molar-refractivity contribution in [1.82, 2.24) is 19.8 Å². The van der Waals surface area contributed by atoms with Crippen LogP contribution in [0.25, 0.3) is 10.8 Å². The largest absolute Gasteiger partial charge is 0.494 e. The zero-order chi connectivity index (χ0) is 34.9. The van der Waals surface area contributed by atoms with Crippen molar-refractivity contribution < 1.29 is 14.4 Å². The molecule has 4 aliphatic rings. The van der Waals surface area contributed by atoms with Gasteiger partial charge in [-0.3, -0.25) is 19.4 Å². The van der Waals surface area contributed by atoms with Gasteiger partial charge >= 0.3 is 0 Å². The topological polar surface area (TPSA) is 98.3 Å². The molecule has 1 aromatic heterocycles. The standard InChI is InChI=1S/C40H48N8O3/c1-4-40(49)44-33-22-34(37(50-3)23-36(33)45-17-14-29(15-18-45)46-19-20-47(27(2)25-46)30-12-13-30)43-38-24-39(42-26-41-38)48-35(16-21-51-48)32-11-7-9-28-8-5-6-10-31(28)32/h4-11,22-24,26-27,29-30,35H,1,12-21,25H2,2-3H3,(H,44,49)(H,41,42,43). The zero-order valence-electron chi connectivity index (χ0n) is 29.6. The van der Waals surface area contributed by atoms with Gasteiger partial charge in [-0.1, -0.05) is 49.0 Å². The van der Waals surface area contributed by atoms with E-state index in [1.54, 1.807) is 7.11 Å². The zero-order valence-corrected chi connectivity index (χ0v) is 29.6.